The van der Waals surface area contributed by atoms with Crippen molar-refractivity contribution in [2.24, 2.45) is 0 Å². The number of amides is 1. The lowest BCUT2D eigenvalue weighted by atomic mass is 10.1. The molecule has 1 aliphatic rings. The molecular formula is C22H17N3O4S. The molecular weight excluding hydrogens is 402 g/mol. The van der Waals surface area contributed by atoms with Crippen LogP contribution in [0.25, 0.3) is 21.3 Å². The molecule has 0 saturated carbocycles. The number of ether oxygens (including phenoxy) is 2. The Morgan fingerprint density at radius 1 is 1.17 bits per heavy atom. The van der Waals surface area contributed by atoms with Gasteiger partial charge < -0.3 is 9.47 Å². The van der Waals surface area contributed by atoms with Gasteiger partial charge in [0.2, 0.25) is 6.10 Å². The summed E-state index contributed by atoms with van der Waals surface area (Å²) in [6, 6.07) is 15.1. The van der Waals surface area contributed by atoms with E-state index in [9.17, 15) is 9.59 Å². The minimum absolute atomic E-state index is 0.0559. The van der Waals surface area contributed by atoms with Crippen LogP contribution < -0.4 is 20.5 Å². The van der Waals surface area contributed by atoms with Crippen LogP contribution in [0.4, 0.5) is 0 Å². The van der Waals surface area contributed by atoms with Crippen molar-refractivity contribution >= 4 is 27.5 Å². The van der Waals surface area contributed by atoms with Gasteiger partial charge in [0.15, 0.2) is 11.5 Å². The molecule has 1 aliphatic heterocycles. The van der Waals surface area contributed by atoms with Crippen LogP contribution in [-0.4, -0.2) is 28.3 Å². The number of rotatable bonds is 3. The van der Waals surface area contributed by atoms with Gasteiger partial charge >= 0.3 is 0 Å². The highest BCUT2D eigenvalue weighted by Crippen LogP contribution is 2.32. The predicted octanol–water partition coefficient (Wildman–Crippen LogP) is 3.34. The smallest absolute Gasteiger partial charge is 0.283 e. The first-order chi connectivity index (χ1) is 14.6. The van der Waals surface area contributed by atoms with E-state index in [1.54, 1.807) is 18.2 Å². The Morgan fingerprint density at radius 3 is 2.73 bits per heavy atom. The van der Waals surface area contributed by atoms with E-state index in [0.717, 1.165) is 21.4 Å². The molecule has 0 saturated heterocycles. The standard InChI is InChI=1S/C22H17N3O4S/c1-13-6-8-14(9-7-13)15-11-30-21-19(15)22(27)25(12-23-21)24-20(26)18-10-28-16-4-2-3-5-17(16)29-18/h2-9,11-12,18H,10H2,1H3,(H,24,26). The zero-order valence-corrected chi connectivity index (χ0v) is 16.8. The van der Waals surface area contributed by atoms with Crippen LogP contribution in [0.15, 0.2) is 65.0 Å². The van der Waals surface area contributed by atoms with E-state index >= 15 is 0 Å². The highest BCUT2D eigenvalue weighted by atomic mass is 32.1. The van der Waals surface area contributed by atoms with Gasteiger partial charge in [0.1, 0.15) is 17.8 Å². The van der Waals surface area contributed by atoms with Crippen molar-refractivity contribution in [3.05, 3.63) is 76.2 Å². The summed E-state index contributed by atoms with van der Waals surface area (Å²) >= 11 is 1.39. The number of nitrogens with zero attached hydrogens (tertiary/aromatic N) is 2. The lowest BCUT2D eigenvalue weighted by Gasteiger charge is -2.25. The number of para-hydroxylation sites is 2. The maximum atomic E-state index is 13.1. The van der Waals surface area contributed by atoms with Gasteiger partial charge in [0.05, 0.1) is 5.39 Å². The number of aromatic nitrogens is 2. The monoisotopic (exact) mass is 419 g/mol. The SMILES string of the molecule is Cc1ccc(-c2csc3ncn(NC(=O)C4COc5ccccc5O4)c(=O)c23)cc1. The molecule has 3 heterocycles. The normalized spacial score (nSPS) is 15.2. The van der Waals surface area contributed by atoms with Gasteiger partial charge in [-0.2, -0.15) is 0 Å². The van der Waals surface area contributed by atoms with Gasteiger partial charge in [-0.25, -0.2) is 9.66 Å². The summed E-state index contributed by atoms with van der Waals surface area (Å²) in [5.74, 6) is 0.590. The molecule has 0 bridgehead atoms. The number of carbonyl (C=O) groups excluding carboxylic acids is 1. The number of aryl methyl sites for hydroxylation is 1. The van der Waals surface area contributed by atoms with E-state index in [1.807, 2.05) is 42.6 Å². The fourth-order valence-corrected chi connectivity index (χ4v) is 4.20. The summed E-state index contributed by atoms with van der Waals surface area (Å²) in [6.45, 7) is 2.06. The van der Waals surface area contributed by atoms with Gasteiger partial charge in [-0.3, -0.25) is 15.0 Å². The number of hydrogen-bond donors (Lipinski definition) is 1. The lowest BCUT2D eigenvalue weighted by Crippen LogP contribution is -2.45. The van der Waals surface area contributed by atoms with Crippen molar-refractivity contribution in [1.82, 2.24) is 9.66 Å². The molecule has 2 aromatic heterocycles. The molecule has 1 unspecified atom stereocenters. The molecule has 8 heteroatoms. The lowest BCUT2D eigenvalue weighted by molar-refractivity contribution is -0.126. The van der Waals surface area contributed by atoms with E-state index in [4.69, 9.17) is 9.47 Å². The van der Waals surface area contributed by atoms with Crippen molar-refractivity contribution < 1.29 is 14.3 Å². The third kappa shape index (κ3) is 3.21. The molecule has 0 spiro atoms. The fourth-order valence-electron chi connectivity index (χ4n) is 3.30. The van der Waals surface area contributed by atoms with E-state index in [1.165, 1.54) is 17.7 Å². The molecule has 0 fully saturated rings. The summed E-state index contributed by atoms with van der Waals surface area (Å²) in [4.78, 5) is 30.8. The number of carbonyl (C=O) groups is 1. The Bertz CT molecular complexity index is 1310. The zero-order chi connectivity index (χ0) is 20.7. The van der Waals surface area contributed by atoms with Gasteiger partial charge in [0, 0.05) is 10.9 Å². The van der Waals surface area contributed by atoms with E-state index < -0.39 is 12.0 Å². The molecule has 1 atom stereocenters. The summed E-state index contributed by atoms with van der Waals surface area (Å²) in [5.41, 5.74) is 5.09. The second-order valence-corrected chi connectivity index (χ2v) is 7.81. The van der Waals surface area contributed by atoms with Crippen LogP contribution in [0.3, 0.4) is 0 Å². The Balaban J connectivity index is 1.45. The average molecular weight is 419 g/mol. The van der Waals surface area contributed by atoms with E-state index in [-0.39, 0.29) is 12.2 Å². The predicted molar refractivity (Wildman–Crippen MR) is 115 cm³/mol. The second-order valence-electron chi connectivity index (χ2n) is 6.96. The van der Waals surface area contributed by atoms with Gasteiger partial charge in [-0.1, -0.05) is 42.0 Å². The van der Waals surface area contributed by atoms with Crippen molar-refractivity contribution in [2.75, 3.05) is 12.0 Å². The number of fused-ring (bicyclic) bond motifs is 2. The Morgan fingerprint density at radius 2 is 1.93 bits per heavy atom. The summed E-state index contributed by atoms with van der Waals surface area (Å²) < 4.78 is 12.4. The third-order valence-corrected chi connectivity index (χ3v) is 5.78. The van der Waals surface area contributed by atoms with Crippen molar-refractivity contribution in [3.8, 4) is 22.6 Å². The maximum absolute atomic E-state index is 13.1. The first-order valence-electron chi connectivity index (χ1n) is 9.35. The van der Waals surface area contributed by atoms with Crippen molar-refractivity contribution in [3.63, 3.8) is 0 Å². The molecule has 1 N–H and O–H groups in total. The maximum Gasteiger partial charge on any atom is 0.283 e. The molecule has 0 aliphatic carbocycles. The van der Waals surface area contributed by atoms with E-state index in [2.05, 4.69) is 10.4 Å². The zero-order valence-electron chi connectivity index (χ0n) is 16.0. The van der Waals surface area contributed by atoms with Crippen LogP contribution in [0.5, 0.6) is 11.5 Å². The quantitative estimate of drug-likeness (QED) is 0.551. The molecule has 2 aromatic carbocycles. The summed E-state index contributed by atoms with van der Waals surface area (Å²) in [5, 5.41) is 2.38. The van der Waals surface area contributed by atoms with Gasteiger partial charge in [0.25, 0.3) is 11.5 Å². The molecule has 1 amide bonds. The topological polar surface area (TPSA) is 82.5 Å². The fraction of sp³-hybridized carbons (Fsp3) is 0.136. The number of hydrogen-bond acceptors (Lipinski definition) is 6. The number of thiophene rings is 1. The van der Waals surface area contributed by atoms with Crippen LogP contribution >= 0.6 is 11.3 Å². The second kappa shape index (κ2) is 7.31. The highest BCUT2D eigenvalue weighted by Gasteiger charge is 2.28. The summed E-state index contributed by atoms with van der Waals surface area (Å²) in [7, 11) is 0. The first-order valence-corrected chi connectivity index (χ1v) is 10.2. The highest BCUT2D eigenvalue weighted by molar-refractivity contribution is 7.17. The average Bonchev–Trinajstić information content (AvgIpc) is 3.21. The number of nitrogens with one attached hydrogen (secondary N) is 1. The molecule has 150 valence electrons. The largest absolute Gasteiger partial charge is 0.485 e. The van der Waals surface area contributed by atoms with Crippen molar-refractivity contribution in [1.29, 1.82) is 0 Å². The van der Waals surface area contributed by atoms with Crippen LogP contribution in [0.2, 0.25) is 0 Å². The number of benzene rings is 2. The minimum Gasteiger partial charge on any atom is -0.485 e. The Kier molecular flexibility index (Phi) is 4.48. The molecule has 5 rings (SSSR count). The van der Waals surface area contributed by atoms with Crippen LogP contribution in [0, 0.1) is 6.92 Å². The van der Waals surface area contributed by atoms with Gasteiger partial charge in [-0.05, 0) is 24.6 Å². The molecule has 30 heavy (non-hydrogen) atoms. The Hall–Kier alpha value is -3.65. The first kappa shape index (κ1) is 18.4. The van der Waals surface area contributed by atoms with Gasteiger partial charge in [-0.15, -0.1) is 11.3 Å². The molecule has 4 aromatic rings. The third-order valence-electron chi connectivity index (χ3n) is 4.89. The van der Waals surface area contributed by atoms with Crippen molar-refractivity contribution in [2.45, 2.75) is 13.0 Å². The molecule has 0 radical (unpaired) electrons. The molecule has 7 nitrogen and oxygen atoms in total. The van der Waals surface area contributed by atoms with E-state index in [0.29, 0.717) is 21.7 Å². The Labute approximate surface area is 175 Å². The van der Waals surface area contributed by atoms with Crippen LogP contribution in [-0.2, 0) is 4.79 Å². The van der Waals surface area contributed by atoms with Crippen LogP contribution in [0.1, 0.15) is 5.56 Å². The summed E-state index contributed by atoms with van der Waals surface area (Å²) in [6.07, 6.45) is 0.442. The minimum atomic E-state index is -0.874.